The molecular formula is C36H35F2N3O4. The van der Waals surface area contributed by atoms with Crippen LogP contribution in [0.25, 0.3) is 39.3 Å². The zero-order valence-corrected chi connectivity index (χ0v) is 26.2. The molecule has 1 aliphatic heterocycles. The van der Waals surface area contributed by atoms with Crippen molar-refractivity contribution in [3.8, 4) is 39.4 Å². The first-order valence-electron chi connectivity index (χ1n) is 15.0. The van der Waals surface area contributed by atoms with Crippen molar-refractivity contribution in [2.24, 2.45) is 0 Å². The van der Waals surface area contributed by atoms with Crippen LogP contribution in [0.4, 0.5) is 8.78 Å². The van der Waals surface area contributed by atoms with Crippen LogP contribution in [0.2, 0.25) is 0 Å². The highest BCUT2D eigenvalue weighted by Crippen LogP contribution is 2.42. The Morgan fingerprint density at radius 3 is 2.44 bits per heavy atom. The summed E-state index contributed by atoms with van der Waals surface area (Å²) < 4.78 is 43.0. The molecule has 0 spiro atoms. The Bertz CT molecular complexity index is 1980. The molecule has 0 unspecified atom stereocenters. The number of aryl methyl sites for hydroxylation is 2. The number of carboxylic acid groups (broad SMARTS) is 1. The first-order valence-corrected chi connectivity index (χ1v) is 15.0. The van der Waals surface area contributed by atoms with Gasteiger partial charge in [0.25, 0.3) is 0 Å². The van der Waals surface area contributed by atoms with Crippen molar-refractivity contribution in [3.63, 3.8) is 0 Å². The first kappa shape index (κ1) is 30.4. The number of ether oxygens (including phenoxy) is 2. The van der Waals surface area contributed by atoms with E-state index in [0.29, 0.717) is 52.4 Å². The Labute approximate surface area is 260 Å². The van der Waals surface area contributed by atoms with E-state index in [1.165, 1.54) is 12.1 Å². The normalized spacial score (nSPS) is 13.9. The van der Waals surface area contributed by atoms with Crippen LogP contribution in [-0.4, -0.2) is 37.9 Å². The lowest BCUT2D eigenvalue weighted by atomic mass is 9.91. The minimum Gasteiger partial charge on any atom is -0.490 e. The molecule has 0 bridgehead atoms. The number of halogens is 2. The van der Waals surface area contributed by atoms with Gasteiger partial charge in [0.1, 0.15) is 5.82 Å². The van der Waals surface area contributed by atoms with Gasteiger partial charge in [-0.3, -0.25) is 0 Å². The predicted molar refractivity (Wildman–Crippen MR) is 168 cm³/mol. The lowest BCUT2D eigenvalue weighted by molar-refractivity contribution is -0.160. The molecule has 1 aliphatic rings. The number of fused-ring (bicyclic) bond motifs is 2. The average molecular weight is 612 g/mol. The summed E-state index contributed by atoms with van der Waals surface area (Å²) in [6.45, 7) is 11.1. The molecule has 0 radical (unpaired) electrons. The van der Waals surface area contributed by atoms with E-state index < -0.39 is 23.5 Å². The van der Waals surface area contributed by atoms with Crippen molar-refractivity contribution < 1.29 is 28.2 Å². The number of aromatic nitrogens is 3. The van der Waals surface area contributed by atoms with Gasteiger partial charge >= 0.3 is 5.97 Å². The second-order valence-electron chi connectivity index (χ2n) is 12.5. The van der Waals surface area contributed by atoms with Gasteiger partial charge in [0.15, 0.2) is 23.3 Å². The summed E-state index contributed by atoms with van der Waals surface area (Å²) in [5, 5.41) is 15.4. The highest BCUT2D eigenvalue weighted by atomic mass is 19.1. The van der Waals surface area contributed by atoms with E-state index in [0.717, 1.165) is 34.2 Å². The minimum absolute atomic E-state index is 0.237. The third-order valence-electron chi connectivity index (χ3n) is 8.13. The Hall–Kier alpha value is -4.63. The molecule has 45 heavy (non-hydrogen) atoms. The van der Waals surface area contributed by atoms with Crippen molar-refractivity contribution in [2.75, 3.05) is 6.61 Å². The van der Waals surface area contributed by atoms with Crippen LogP contribution in [-0.2, 0) is 16.0 Å². The summed E-state index contributed by atoms with van der Waals surface area (Å²) in [4.78, 5) is 17.6. The predicted octanol–water partition coefficient (Wildman–Crippen LogP) is 8.20. The Morgan fingerprint density at radius 2 is 1.73 bits per heavy atom. The van der Waals surface area contributed by atoms with Crippen molar-refractivity contribution in [3.05, 3.63) is 94.2 Å². The molecule has 5 aromatic rings. The molecule has 1 N–H and O–H groups in total. The molecule has 0 fully saturated rings. The molecule has 6 rings (SSSR count). The van der Waals surface area contributed by atoms with Gasteiger partial charge in [-0.1, -0.05) is 24.3 Å². The fraction of sp³-hybridized carbons (Fsp3) is 0.306. The van der Waals surface area contributed by atoms with Crippen LogP contribution >= 0.6 is 0 Å². The summed E-state index contributed by atoms with van der Waals surface area (Å²) in [6.07, 6.45) is -0.0194. The summed E-state index contributed by atoms with van der Waals surface area (Å²) in [7, 11) is 0. The first-order chi connectivity index (χ1) is 21.3. The maximum atomic E-state index is 15.6. The van der Waals surface area contributed by atoms with Gasteiger partial charge in [-0.25, -0.2) is 23.1 Å². The van der Waals surface area contributed by atoms with Gasteiger partial charge in [-0.05, 0) is 101 Å². The molecule has 0 saturated carbocycles. The Balaban J connectivity index is 1.61. The minimum atomic E-state index is -1.40. The molecule has 2 aromatic heterocycles. The number of carbonyl (C=O) groups is 1. The fourth-order valence-electron chi connectivity index (χ4n) is 6.02. The van der Waals surface area contributed by atoms with Crippen molar-refractivity contribution in [1.29, 1.82) is 0 Å². The highest BCUT2D eigenvalue weighted by Gasteiger charge is 2.34. The smallest absolute Gasteiger partial charge is 0.337 e. The van der Waals surface area contributed by atoms with E-state index in [1.807, 2.05) is 37.3 Å². The topological polar surface area (TPSA) is 86.0 Å². The number of aliphatic carboxylic acids is 1. The molecule has 9 heteroatoms. The number of nitrogens with zero attached hydrogens (tertiary/aromatic N) is 3. The van der Waals surface area contributed by atoms with Crippen molar-refractivity contribution in [2.45, 2.75) is 66.1 Å². The SMILES string of the molecule is Cc1cc(-c2cccc(-c3cc4nc(C)c([C@H](OC(C)(C)C)C(=O)O)c(-c5cc(F)c6c(c5C)CCCO6)n4n3)c2)ccc1F. The monoisotopic (exact) mass is 611 g/mol. The van der Waals surface area contributed by atoms with E-state index in [1.54, 1.807) is 51.3 Å². The lowest BCUT2D eigenvalue weighted by Crippen LogP contribution is -2.29. The molecule has 1 atom stereocenters. The van der Waals surface area contributed by atoms with E-state index in [4.69, 9.17) is 19.6 Å². The zero-order valence-electron chi connectivity index (χ0n) is 26.2. The third-order valence-corrected chi connectivity index (χ3v) is 8.13. The van der Waals surface area contributed by atoms with Gasteiger partial charge in [0.05, 0.1) is 23.6 Å². The number of benzene rings is 3. The molecule has 0 aliphatic carbocycles. The zero-order chi connectivity index (χ0) is 32.2. The van der Waals surface area contributed by atoms with Crippen molar-refractivity contribution in [1.82, 2.24) is 14.6 Å². The van der Waals surface area contributed by atoms with Gasteiger partial charge in [0, 0.05) is 34.0 Å². The molecular weight excluding hydrogens is 576 g/mol. The number of carboxylic acids is 1. The van der Waals surface area contributed by atoms with Gasteiger partial charge < -0.3 is 14.6 Å². The van der Waals surface area contributed by atoms with Gasteiger partial charge in [-0.15, -0.1) is 0 Å². The van der Waals surface area contributed by atoms with Crippen LogP contribution in [0.3, 0.4) is 0 Å². The quantitative estimate of drug-likeness (QED) is 0.208. The van der Waals surface area contributed by atoms with Crippen LogP contribution < -0.4 is 4.74 Å². The van der Waals surface area contributed by atoms with E-state index in [9.17, 15) is 14.3 Å². The standard InChI is InChI=1S/C36H35F2N3O4/c1-19-15-23(12-13-27(19)37)22-9-7-10-24(16-22)29-18-30-39-21(3)31(34(35(42)43)45-36(4,5)6)32(41(30)40-29)26-17-28(38)33-25(20(26)2)11-8-14-44-33/h7,9-10,12-13,15-18,34H,8,11,14H2,1-6H3,(H,42,43)/t34-/m0/s1. The van der Waals surface area contributed by atoms with Crippen LogP contribution in [0.5, 0.6) is 5.75 Å². The average Bonchev–Trinajstić information content (AvgIpc) is 3.42. The highest BCUT2D eigenvalue weighted by molar-refractivity contribution is 5.83. The lowest BCUT2D eigenvalue weighted by Gasteiger charge is -2.28. The molecule has 0 saturated heterocycles. The maximum Gasteiger partial charge on any atom is 0.337 e. The molecule has 3 aromatic carbocycles. The molecule has 7 nitrogen and oxygen atoms in total. The van der Waals surface area contributed by atoms with Crippen molar-refractivity contribution >= 4 is 11.6 Å². The summed E-state index contributed by atoms with van der Waals surface area (Å²) in [6, 6.07) is 15.9. The number of hydrogen-bond acceptors (Lipinski definition) is 5. The summed E-state index contributed by atoms with van der Waals surface area (Å²) in [5.41, 5.74) is 6.50. The maximum absolute atomic E-state index is 15.6. The third kappa shape index (κ3) is 5.68. The van der Waals surface area contributed by atoms with Gasteiger partial charge in [0.2, 0.25) is 0 Å². The molecule has 232 valence electrons. The summed E-state index contributed by atoms with van der Waals surface area (Å²) >= 11 is 0. The number of hydrogen-bond donors (Lipinski definition) is 1. The molecule has 0 amide bonds. The van der Waals surface area contributed by atoms with Crippen LogP contribution in [0, 0.1) is 32.4 Å². The van der Waals surface area contributed by atoms with E-state index >= 15 is 4.39 Å². The largest absolute Gasteiger partial charge is 0.490 e. The molecule has 3 heterocycles. The second kappa shape index (κ2) is 11.4. The Morgan fingerprint density at radius 1 is 1.00 bits per heavy atom. The second-order valence-corrected chi connectivity index (χ2v) is 12.5. The van der Waals surface area contributed by atoms with Crippen LogP contribution in [0.1, 0.15) is 61.2 Å². The Kier molecular flexibility index (Phi) is 7.69. The number of rotatable bonds is 6. The summed E-state index contributed by atoms with van der Waals surface area (Å²) in [5.74, 6) is -1.74. The van der Waals surface area contributed by atoms with E-state index in [-0.39, 0.29) is 11.6 Å². The van der Waals surface area contributed by atoms with Crippen LogP contribution in [0.15, 0.2) is 54.6 Å². The fourth-order valence-corrected chi connectivity index (χ4v) is 6.02. The van der Waals surface area contributed by atoms with Gasteiger partial charge in [-0.2, -0.15) is 5.10 Å². The van der Waals surface area contributed by atoms with E-state index in [2.05, 4.69) is 0 Å².